The highest BCUT2D eigenvalue weighted by molar-refractivity contribution is 8.00. The number of rotatable bonds is 6. The first-order chi connectivity index (χ1) is 7.69. The highest BCUT2D eigenvalue weighted by atomic mass is 32.2. The second-order valence-electron chi connectivity index (χ2n) is 4.39. The molecule has 2 atom stereocenters. The molecule has 2 unspecified atom stereocenters. The van der Waals surface area contributed by atoms with Crippen molar-refractivity contribution >= 4 is 17.7 Å². The number of hydrogen-bond donors (Lipinski definition) is 2. The average Bonchev–Trinajstić information content (AvgIpc) is 2.81. The van der Waals surface area contributed by atoms with Crippen LogP contribution in [0.4, 0.5) is 0 Å². The molecule has 1 heterocycles. The monoisotopic (exact) mass is 245 g/mol. The van der Waals surface area contributed by atoms with Crippen molar-refractivity contribution in [2.24, 2.45) is 5.92 Å². The number of aliphatic hydroxyl groups is 1. The predicted octanol–water partition coefficient (Wildman–Crippen LogP) is 1.80. The number of carbonyl (C=O) groups is 1. The Morgan fingerprint density at radius 1 is 1.50 bits per heavy atom. The summed E-state index contributed by atoms with van der Waals surface area (Å²) in [6.45, 7) is 4.56. The van der Waals surface area contributed by atoms with Crippen molar-refractivity contribution < 1.29 is 9.90 Å². The van der Waals surface area contributed by atoms with E-state index in [1.165, 1.54) is 0 Å². The van der Waals surface area contributed by atoms with Crippen LogP contribution in [0.2, 0.25) is 0 Å². The molecule has 1 aliphatic heterocycles. The van der Waals surface area contributed by atoms with E-state index in [0.29, 0.717) is 12.5 Å². The molecular formula is C12H23NO2S. The maximum absolute atomic E-state index is 11.7. The van der Waals surface area contributed by atoms with Gasteiger partial charge in [-0.1, -0.05) is 26.7 Å². The SMILES string of the molecule is CCC(CC)C(O)CNC(=O)C1CCCS1. The van der Waals surface area contributed by atoms with E-state index in [-0.39, 0.29) is 11.2 Å². The molecule has 1 amide bonds. The van der Waals surface area contributed by atoms with Crippen molar-refractivity contribution in [1.82, 2.24) is 5.32 Å². The lowest BCUT2D eigenvalue weighted by Gasteiger charge is -2.21. The molecule has 2 N–H and O–H groups in total. The molecule has 0 spiro atoms. The normalized spacial score (nSPS) is 22.4. The minimum atomic E-state index is -0.398. The number of hydrogen-bond acceptors (Lipinski definition) is 3. The zero-order chi connectivity index (χ0) is 12.0. The minimum Gasteiger partial charge on any atom is -0.391 e. The van der Waals surface area contributed by atoms with Crippen molar-refractivity contribution in [2.75, 3.05) is 12.3 Å². The van der Waals surface area contributed by atoms with E-state index < -0.39 is 6.10 Å². The summed E-state index contributed by atoms with van der Waals surface area (Å²) in [6, 6.07) is 0. The first-order valence-corrected chi connectivity index (χ1v) is 7.31. The number of amides is 1. The Morgan fingerprint density at radius 3 is 2.69 bits per heavy atom. The Labute approximate surface area is 102 Å². The van der Waals surface area contributed by atoms with Gasteiger partial charge in [0, 0.05) is 6.54 Å². The van der Waals surface area contributed by atoms with Crippen LogP contribution in [-0.2, 0) is 4.79 Å². The molecule has 0 radical (unpaired) electrons. The fraction of sp³-hybridized carbons (Fsp3) is 0.917. The van der Waals surface area contributed by atoms with Crippen LogP contribution in [0.5, 0.6) is 0 Å². The lowest BCUT2D eigenvalue weighted by molar-refractivity contribution is -0.121. The molecule has 4 heteroatoms. The van der Waals surface area contributed by atoms with Gasteiger partial charge in [-0.05, 0) is 24.5 Å². The molecule has 1 saturated heterocycles. The summed E-state index contributed by atoms with van der Waals surface area (Å²) in [5.74, 6) is 1.50. The van der Waals surface area contributed by atoms with E-state index in [0.717, 1.165) is 31.4 Å². The summed E-state index contributed by atoms with van der Waals surface area (Å²) in [5.41, 5.74) is 0. The van der Waals surface area contributed by atoms with E-state index >= 15 is 0 Å². The molecule has 3 nitrogen and oxygen atoms in total. The van der Waals surface area contributed by atoms with Gasteiger partial charge in [-0.15, -0.1) is 11.8 Å². The number of thioether (sulfide) groups is 1. The van der Waals surface area contributed by atoms with Gasteiger partial charge in [0.1, 0.15) is 0 Å². The Morgan fingerprint density at radius 2 is 2.19 bits per heavy atom. The van der Waals surface area contributed by atoms with E-state index in [4.69, 9.17) is 0 Å². The highest BCUT2D eigenvalue weighted by Crippen LogP contribution is 2.26. The van der Waals surface area contributed by atoms with Gasteiger partial charge in [0.2, 0.25) is 5.91 Å². The first kappa shape index (κ1) is 13.8. The fourth-order valence-corrected chi connectivity index (χ4v) is 3.29. The van der Waals surface area contributed by atoms with E-state index in [9.17, 15) is 9.90 Å². The second kappa shape index (κ2) is 7.17. The van der Waals surface area contributed by atoms with Crippen LogP contribution in [0.3, 0.4) is 0 Å². The predicted molar refractivity (Wildman–Crippen MR) is 68.6 cm³/mol. The van der Waals surface area contributed by atoms with E-state index in [1.807, 2.05) is 0 Å². The molecule has 0 aliphatic carbocycles. The highest BCUT2D eigenvalue weighted by Gasteiger charge is 2.24. The summed E-state index contributed by atoms with van der Waals surface area (Å²) < 4.78 is 0. The van der Waals surface area contributed by atoms with Crippen LogP contribution in [0.1, 0.15) is 39.5 Å². The third-order valence-electron chi connectivity index (χ3n) is 3.30. The van der Waals surface area contributed by atoms with Gasteiger partial charge in [0.05, 0.1) is 11.4 Å². The summed E-state index contributed by atoms with van der Waals surface area (Å²) in [5, 5.41) is 12.9. The number of carbonyl (C=O) groups excluding carboxylic acids is 1. The molecule has 0 bridgehead atoms. The fourth-order valence-electron chi connectivity index (χ4n) is 2.10. The summed E-state index contributed by atoms with van der Waals surface area (Å²) >= 11 is 1.73. The molecule has 0 saturated carbocycles. The Balaban J connectivity index is 2.24. The van der Waals surface area contributed by atoms with Gasteiger partial charge in [0.25, 0.3) is 0 Å². The summed E-state index contributed by atoms with van der Waals surface area (Å²) in [6.07, 6.45) is 3.65. The minimum absolute atomic E-state index is 0.104. The lowest BCUT2D eigenvalue weighted by Crippen LogP contribution is -2.39. The van der Waals surface area contributed by atoms with Gasteiger partial charge in [-0.2, -0.15) is 0 Å². The molecule has 1 aliphatic rings. The van der Waals surface area contributed by atoms with Crippen LogP contribution in [0, 0.1) is 5.92 Å². The Hall–Kier alpha value is -0.220. The molecule has 94 valence electrons. The van der Waals surface area contributed by atoms with Crippen LogP contribution in [0.15, 0.2) is 0 Å². The van der Waals surface area contributed by atoms with Crippen molar-refractivity contribution in [3.8, 4) is 0 Å². The molecule has 0 aromatic heterocycles. The molecule has 0 aromatic carbocycles. The Kier molecular flexibility index (Phi) is 6.21. The molecule has 0 aromatic rings. The first-order valence-electron chi connectivity index (χ1n) is 6.26. The summed E-state index contributed by atoms with van der Waals surface area (Å²) in [4.78, 5) is 11.7. The van der Waals surface area contributed by atoms with Crippen LogP contribution >= 0.6 is 11.8 Å². The maximum Gasteiger partial charge on any atom is 0.233 e. The van der Waals surface area contributed by atoms with E-state index in [2.05, 4.69) is 19.2 Å². The molecular weight excluding hydrogens is 222 g/mol. The number of nitrogens with one attached hydrogen (secondary N) is 1. The third kappa shape index (κ3) is 3.98. The van der Waals surface area contributed by atoms with Crippen molar-refractivity contribution in [2.45, 2.75) is 50.9 Å². The van der Waals surface area contributed by atoms with Gasteiger partial charge < -0.3 is 10.4 Å². The second-order valence-corrected chi connectivity index (χ2v) is 5.70. The largest absolute Gasteiger partial charge is 0.391 e. The molecule has 1 fully saturated rings. The van der Waals surface area contributed by atoms with Crippen molar-refractivity contribution in [3.05, 3.63) is 0 Å². The van der Waals surface area contributed by atoms with Crippen LogP contribution in [0.25, 0.3) is 0 Å². The van der Waals surface area contributed by atoms with Gasteiger partial charge in [0.15, 0.2) is 0 Å². The standard InChI is InChI=1S/C12H23NO2S/c1-3-9(4-2)10(14)8-13-12(15)11-6-5-7-16-11/h9-11,14H,3-8H2,1-2H3,(H,13,15). The summed E-state index contributed by atoms with van der Waals surface area (Å²) in [7, 11) is 0. The molecule has 16 heavy (non-hydrogen) atoms. The van der Waals surface area contributed by atoms with Gasteiger partial charge in [-0.3, -0.25) is 4.79 Å². The van der Waals surface area contributed by atoms with Crippen molar-refractivity contribution in [1.29, 1.82) is 0 Å². The zero-order valence-corrected chi connectivity index (χ0v) is 11.1. The van der Waals surface area contributed by atoms with Crippen LogP contribution in [-0.4, -0.2) is 34.7 Å². The van der Waals surface area contributed by atoms with Crippen molar-refractivity contribution in [3.63, 3.8) is 0 Å². The smallest absolute Gasteiger partial charge is 0.233 e. The lowest BCUT2D eigenvalue weighted by atomic mass is 9.96. The zero-order valence-electron chi connectivity index (χ0n) is 10.2. The van der Waals surface area contributed by atoms with E-state index in [1.54, 1.807) is 11.8 Å². The number of aliphatic hydroxyl groups excluding tert-OH is 1. The van der Waals surface area contributed by atoms with Gasteiger partial charge >= 0.3 is 0 Å². The Bertz CT molecular complexity index is 213. The topological polar surface area (TPSA) is 49.3 Å². The maximum atomic E-state index is 11.7. The van der Waals surface area contributed by atoms with Crippen LogP contribution < -0.4 is 5.32 Å². The third-order valence-corrected chi connectivity index (χ3v) is 4.68. The quantitative estimate of drug-likeness (QED) is 0.750. The van der Waals surface area contributed by atoms with Gasteiger partial charge in [-0.25, -0.2) is 0 Å². The molecule has 1 rings (SSSR count). The average molecular weight is 245 g/mol.